The second kappa shape index (κ2) is 13.6. The standard InChI is InChI=1S/C31H37N3O7S/c1-5-27(31(36)32-22(2)3)33(20-23-11-14-25(39-4)15-12-23)30(35)21-34(42(37,38)26-9-7-6-8-10-26)24-13-16-28-29(19-24)41-18-17-40-28/h6-16,19,22,27H,5,17-18,20-21H2,1-4H3,(H,32,36)/t27-/m1/s1. The summed E-state index contributed by atoms with van der Waals surface area (Å²) < 4.78 is 45.6. The van der Waals surface area contributed by atoms with Gasteiger partial charge in [0, 0.05) is 18.7 Å². The normalized spacial score (nSPS) is 13.3. The van der Waals surface area contributed by atoms with E-state index in [0.717, 1.165) is 9.87 Å². The highest BCUT2D eigenvalue weighted by molar-refractivity contribution is 7.92. The highest BCUT2D eigenvalue weighted by Gasteiger charge is 2.34. The van der Waals surface area contributed by atoms with Crippen molar-refractivity contribution in [3.63, 3.8) is 0 Å². The van der Waals surface area contributed by atoms with Crippen LogP contribution in [0.2, 0.25) is 0 Å². The quantitative estimate of drug-likeness (QED) is 0.337. The number of hydrogen-bond donors (Lipinski definition) is 1. The molecule has 1 aliphatic heterocycles. The molecule has 4 rings (SSSR count). The number of ether oxygens (including phenoxy) is 3. The second-order valence-electron chi connectivity index (χ2n) is 10.1. The molecule has 0 radical (unpaired) electrons. The number of sulfonamides is 1. The van der Waals surface area contributed by atoms with Gasteiger partial charge in [-0.25, -0.2) is 8.42 Å². The lowest BCUT2D eigenvalue weighted by atomic mass is 10.1. The fraction of sp³-hybridized carbons (Fsp3) is 0.355. The number of anilines is 1. The Balaban J connectivity index is 1.75. The lowest BCUT2D eigenvalue weighted by Gasteiger charge is -2.33. The van der Waals surface area contributed by atoms with Crippen molar-refractivity contribution >= 4 is 27.5 Å². The Hall–Kier alpha value is -4.25. The molecule has 1 aliphatic rings. The van der Waals surface area contributed by atoms with Crippen LogP contribution in [0, 0.1) is 0 Å². The summed E-state index contributed by atoms with van der Waals surface area (Å²) in [5.74, 6) is 0.681. The summed E-state index contributed by atoms with van der Waals surface area (Å²) in [5, 5.41) is 2.89. The Morgan fingerprint density at radius 1 is 0.952 bits per heavy atom. The van der Waals surface area contributed by atoms with Crippen molar-refractivity contribution in [1.82, 2.24) is 10.2 Å². The van der Waals surface area contributed by atoms with Crippen LogP contribution in [0.25, 0.3) is 0 Å². The molecule has 2 amide bonds. The van der Waals surface area contributed by atoms with Gasteiger partial charge in [-0.05, 0) is 62.2 Å². The molecule has 0 fully saturated rings. The molecule has 10 nitrogen and oxygen atoms in total. The van der Waals surface area contributed by atoms with Gasteiger partial charge in [0.1, 0.15) is 31.5 Å². The maximum atomic E-state index is 14.2. The maximum absolute atomic E-state index is 14.2. The van der Waals surface area contributed by atoms with E-state index < -0.39 is 28.5 Å². The van der Waals surface area contributed by atoms with Crippen LogP contribution < -0.4 is 23.8 Å². The average molecular weight is 596 g/mol. The minimum absolute atomic E-state index is 0.0268. The number of benzene rings is 3. The summed E-state index contributed by atoms with van der Waals surface area (Å²) in [6.45, 7) is 5.75. The SMILES string of the molecule is CC[C@H](C(=O)NC(C)C)N(Cc1ccc(OC)cc1)C(=O)CN(c1ccc2c(c1)OCCO2)S(=O)(=O)c1ccccc1. The molecule has 1 atom stereocenters. The average Bonchev–Trinajstić information content (AvgIpc) is 2.99. The van der Waals surface area contributed by atoms with E-state index in [4.69, 9.17) is 14.2 Å². The minimum atomic E-state index is -4.19. The number of nitrogens with zero attached hydrogens (tertiary/aromatic N) is 2. The smallest absolute Gasteiger partial charge is 0.264 e. The van der Waals surface area contributed by atoms with Gasteiger partial charge in [-0.2, -0.15) is 0 Å². The Labute approximate surface area is 247 Å². The molecule has 224 valence electrons. The maximum Gasteiger partial charge on any atom is 0.264 e. The third kappa shape index (κ3) is 7.14. The molecule has 0 aromatic heterocycles. The van der Waals surface area contributed by atoms with E-state index in [1.54, 1.807) is 55.6 Å². The summed E-state index contributed by atoms with van der Waals surface area (Å²) in [5.41, 5.74) is 0.997. The third-order valence-electron chi connectivity index (χ3n) is 6.75. The second-order valence-corrected chi connectivity index (χ2v) is 12.0. The first kappa shape index (κ1) is 30.7. The molecular formula is C31H37N3O7S. The van der Waals surface area contributed by atoms with Crippen LogP contribution in [0.4, 0.5) is 5.69 Å². The summed E-state index contributed by atoms with van der Waals surface area (Å²) >= 11 is 0. The van der Waals surface area contributed by atoms with Gasteiger partial charge in [0.15, 0.2) is 11.5 Å². The van der Waals surface area contributed by atoms with Crippen molar-refractivity contribution < 1.29 is 32.2 Å². The van der Waals surface area contributed by atoms with Gasteiger partial charge in [0.2, 0.25) is 11.8 Å². The number of nitrogens with one attached hydrogen (secondary N) is 1. The Bertz CT molecular complexity index is 1480. The zero-order valence-corrected chi connectivity index (χ0v) is 25.1. The van der Waals surface area contributed by atoms with Crippen LogP contribution in [0.15, 0.2) is 77.7 Å². The van der Waals surface area contributed by atoms with Gasteiger partial charge in [-0.15, -0.1) is 0 Å². The lowest BCUT2D eigenvalue weighted by molar-refractivity contribution is -0.140. The largest absolute Gasteiger partial charge is 0.497 e. The van der Waals surface area contributed by atoms with Gasteiger partial charge in [-0.1, -0.05) is 37.3 Å². The number of methoxy groups -OCH3 is 1. The van der Waals surface area contributed by atoms with Crippen molar-refractivity contribution in [3.05, 3.63) is 78.4 Å². The zero-order chi connectivity index (χ0) is 30.3. The Morgan fingerprint density at radius 2 is 1.62 bits per heavy atom. The molecule has 0 aliphatic carbocycles. The number of fused-ring (bicyclic) bond motifs is 1. The summed E-state index contributed by atoms with van der Waals surface area (Å²) in [6, 6.07) is 18.9. The molecule has 0 saturated heterocycles. The predicted octanol–water partition coefficient (Wildman–Crippen LogP) is 3.99. The highest BCUT2D eigenvalue weighted by atomic mass is 32.2. The van der Waals surface area contributed by atoms with Crippen LogP contribution in [-0.4, -0.2) is 64.1 Å². The minimum Gasteiger partial charge on any atom is -0.497 e. The Kier molecular flexibility index (Phi) is 9.95. The van der Waals surface area contributed by atoms with E-state index in [0.29, 0.717) is 36.9 Å². The molecule has 1 heterocycles. The van der Waals surface area contributed by atoms with Crippen LogP contribution in [0.1, 0.15) is 32.8 Å². The van der Waals surface area contributed by atoms with Crippen molar-refractivity contribution in [2.45, 2.75) is 50.7 Å². The first-order valence-electron chi connectivity index (χ1n) is 13.8. The van der Waals surface area contributed by atoms with E-state index in [1.165, 1.54) is 17.0 Å². The van der Waals surface area contributed by atoms with Gasteiger partial charge < -0.3 is 24.4 Å². The highest BCUT2D eigenvalue weighted by Crippen LogP contribution is 2.36. The molecule has 0 bridgehead atoms. The molecule has 3 aromatic carbocycles. The van der Waals surface area contributed by atoms with Crippen LogP contribution in [0.5, 0.6) is 17.2 Å². The number of amides is 2. The topological polar surface area (TPSA) is 114 Å². The van der Waals surface area contributed by atoms with Crippen molar-refractivity contribution in [1.29, 1.82) is 0 Å². The van der Waals surface area contributed by atoms with Crippen LogP contribution in [0.3, 0.4) is 0 Å². The van der Waals surface area contributed by atoms with E-state index in [9.17, 15) is 18.0 Å². The summed E-state index contributed by atoms with van der Waals surface area (Å²) in [7, 11) is -2.63. The van der Waals surface area contributed by atoms with Crippen LogP contribution in [-0.2, 0) is 26.2 Å². The van der Waals surface area contributed by atoms with E-state index in [2.05, 4.69) is 5.32 Å². The first-order valence-corrected chi connectivity index (χ1v) is 15.3. The monoisotopic (exact) mass is 595 g/mol. The fourth-order valence-electron chi connectivity index (χ4n) is 4.66. The summed E-state index contributed by atoms with van der Waals surface area (Å²) in [6.07, 6.45) is 0.329. The molecule has 3 aromatic rings. The Morgan fingerprint density at radius 3 is 2.24 bits per heavy atom. The molecule has 0 spiro atoms. The molecule has 0 saturated carbocycles. The third-order valence-corrected chi connectivity index (χ3v) is 8.54. The molecule has 42 heavy (non-hydrogen) atoms. The van der Waals surface area contributed by atoms with Gasteiger partial charge in [0.05, 0.1) is 17.7 Å². The zero-order valence-electron chi connectivity index (χ0n) is 24.3. The van der Waals surface area contributed by atoms with Gasteiger partial charge in [0.25, 0.3) is 10.0 Å². The van der Waals surface area contributed by atoms with Crippen molar-refractivity contribution in [2.75, 3.05) is 31.2 Å². The van der Waals surface area contributed by atoms with Crippen molar-refractivity contribution in [2.24, 2.45) is 0 Å². The van der Waals surface area contributed by atoms with Gasteiger partial charge >= 0.3 is 0 Å². The van der Waals surface area contributed by atoms with E-state index in [1.807, 2.05) is 32.9 Å². The van der Waals surface area contributed by atoms with Gasteiger partial charge in [-0.3, -0.25) is 13.9 Å². The van der Waals surface area contributed by atoms with Crippen molar-refractivity contribution in [3.8, 4) is 17.2 Å². The first-order chi connectivity index (χ1) is 20.1. The fourth-order valence-corrected chi connectivity index (χ4v) is 6.09. The number of rotatable bonds is 12. The number of carbonyl (C=O) groups is 2. The van der Waals surface area contributed by atoms with E-state index in [-0.39, 0.29) is 29.1 Å². The molecular weight excluding hydrogens is 558 g/mol. The molecule has 11 heteroatoms. The molecule has 1 N–H and O–H groups in total. The number of carbonyl (C=O) groups excluding carboxylic acids is 2. The molecule has 0 unspecified atom stereocenters. The van der Waals surface area contributed by atoms with E-state index >= 15 is 0 Å². The predicted molar refractivity (Wildman–Crippen MR) is 159 cm³/mol. The lowest BCUT2D eigenvalue weighted by Crippen LogP contribution is -2.53. The summed E-state index contributed by atoms with van der Waals surface area (Å²) in [4.78, 5) is 28.9. The van der Waals surface area contributed by atoms with Crippen LogP contribution >= 0.6 is 0 Å². The number of hydrogen-bond acceptors (Lipinski definition) is 7.